The van der Waals surface area contributed by atoms with Gasteiger partial charge >= 0.3 is 0 Å². The Kier molecular flexibility index (Phi) is 12.1. The molecule has 0 spiro atoms. The molecule has 9 nitrogen and oxygen atoms in total. The van der Waals surface area contributed by atoms with Gasteiger partial charge in [0.2, 0.25) is 11.8 Å². The summed E-state index contributed by atoms with van der Waals surface area (Å²) in [5.74, 6) is -0.278. The molecular formula is C33H42ClN3O6S. The van der Waals surface area contributed by atoms with Crippen LogP contribution in [0.2, 0.25) is 5.02 Å². The molecule has 0 fully saturated rings. The minimum Gasteiger partial charge on any atom is -0.493 e. The third kappa shape index (κ3) is 8.24. The van der Waals surface area contributed by atoms with Crippen LogP contribution in [0, 0.1) is 13.8 Å². The summed E-state index contributed by atoms with van der Waals surface area (Å²) in [4.78, 5) is 29.1. The molecule has 1 N–H and O–H groups in total. The lowest BCUT2D eigenvalue weighted by Gasteiger charge is -2.34. The number of benzene rings is 3. The van der Waals surface area contributed by atoms with Crippen molar-refractivity contribution in [1.82, 2.24) is 10.2 Å². The van der Waals surface area contributed by atoms with Crippen molar-refractivity contribution in [1.29, 1.82) is 0 Å². The molecule has 0 unspecified atom stereocenters. The molecule has 44 heavy (non-hydrogen) atoms. The number of rotatable bonds is 14. The van der Waals surface area contributed by atoms with Crippen LogP contribution < -0.4 is 19.1 Å². The zero-order valence-corrected chi connectivity index (χ0v) is 28.0. The fourth-order valence-corrected chi connectivity index (χ4v) is 6.51. The number of hydrogen-bond donors (Lipinski definition) is 1. The molecule has 0 aliphatic heterocycles. The van der Waals surface area contributed by atoms with Crippen LogP contribution in [0.5, 0.6) is 11.5 Å². The first-order chi connectivity index (χ1) is 20.9. The van der Waals surface area contributed by atoms with Gasteiger partial charge in [0, 0.05) is 23.7 Å². The Labute approximate surface area is 266 Å². The molecule has 3 aromatic carbocycles. The van der Waals surface area contributed by atoms with Gasteiger partial charge in [0.05, 0.1) is 24.8 Å². The number of hydrogen-bond acceptors (Lipinski definition) is 6. The predicted molar refractivity (Wildman–Crippen MR) is 174 cm³/mol. The second-order valence-electron chi connectivity index (χ2n) is 10.7. The molecule has 0 bridgehead atoms. The van der Waals surface area contributed by atoms with Crippen LogP contribution in [-0.2, 0) is 26.2 Å². The van der Waals surface area contributed by atoms with E-state index in [4.69, 9.17) is 21.1 Å². The normalized spacial score (nSPS) is 12.6. The van der Waals surface area contributed by atoms with E-state index in [9.17, 15) is 18.0 Å². The molecular weight excluding hydrogens is 602 g/mol. The molecule has 3 aromatic rings. The maximum Gasteiger partial charge on any atom is 0.264 e. The average molecular weight is 644 g/mol. The Morgan fingerprint density at radius 1 is 0.909 bits per heavy atom. The molecule has 0 radical (unpaired) electrons. The Hall–Kier alpha value is -3.76. The summed E-state index contributed by atoms with van der Waals surface area (Å²) in [6.07, 6.45) is 1.02. The standard InChI is InChI=1S/C33H42ClN3O6S/c1-8-24(5)35-33(39)29(9-2)36(20-25-12-10-11-13-28(25)34)32(38)21-37(26-17-22(3)16-23(4)18-26)44(40,41)27-14-15-30(42-6)31(19-27)43-7/h10-19,24,29H,8-9,20-21H2,1-7H3,(H,35,39)/t24-,29-/m1/s1. The Morgan fingerprint density at radius 3 is 2.11 bits per heavy atom. The minimum atomic E-state index is -4.31. The fourth-order valence-electron chi connectivity index (χ4n) is 4.90. The highest BCUT2D eigenvalue weighted by molar-refractivity contribution is 7.92. The van der Waals surface area contributed by atoms with Crippen molar-refractivity contribution in [2.75, 3.05) is 25.1 Å². The zero-order chi connectivity index (χ0) is 32.6. The average Bonchev–Trinajstić information content (AvgIpc) is 2.99. The summed E-state index contributed by atoms with van der Waals surface area (Å²) >= 11 is 6.48. The molecule has 0 aliphatic carbocycles. The third-order valence-electron chi connectivity index (χ3n) is 7.40. The molecule has 3 rings (SSSR count). The minimum absolute atomic E-state index is 0.0159. The van der Waals surface area contributed by atoms with E-state index in [0.717, 1.165) is 15.4 Å². The summed E-state index contributed by atoms with van der Waals surface area (Å²) in [6.45, 7) is 8.84. The number of methoxy groups -OCH3 is 2. The molecule has 0 aromatic heterocycles. The monoisotopic (exact) mass is 643 g/mol. The van der Waals surface area contributed by atoms with Crippen molar-refractivity contribution in [3.8, 4) is 11.5 Å². The van der Waals surface area contributed by atoms with Gasteiger partial charge in [-0.3, -0.25) is 13.9 Å². The van der Waals surface area contributed by atoms with Crippen LogP contribution in [0.3, 0.4) is 0 Å². The number of sulfonamides is 1. The quantitative estimate of drug-likeness (QED) is 0.235. The number of carbonyl (C=O) groups is 2. The molecule has 11 heteroatoms. The van der Waals surface area contributed by atoms with Gasteiger partial charge in [-0.25, -0.2) is 8.42 Å². The number of carbonyl (C=O) groups excluding carboxylic acids is 2. The van der Waals surface area contributed by atoms with E-state index in [0.29, 0.717) is 34.9 Å². The maximum atomic E-state index is 14.3. The summed E-state index contributed by atoms with van der Waals surface area (Å²) in [5, 5.41) is 3.41. The Morgan fingerprint density at radius 2 is 1.55 bits per heavy atom. The maximum absolute atomic E-state index is 14.3. The SMILES string of the molecule is CC[C@@H](C)NC(=O)[C@@H](CC)N(Cc1ccccc1Cl)C(=O)CN(c1cc(C)cc(C)c1)S(=O)(=O)c1ccc(OC)c(OC)c1. The highest BCUT2D eigenvalue weighted by Gasteiger charge is 2.34. The number of halogens is 1. The third-order valence-corrected chi connectivity index (χ3v) is 9.54. The van der Waals surface area contributed by atoms with Crippen LogP contribution in [-0.4, -0.2) is 58.0 Å². The topological polar surface area (TPSA) is 105 Å². The molecule has 0 saturated carbocycles. The first kappa shape index (κ1) is 34.7. The van der Waals surface area contributed by atoms with Crippen LogP contribution in [0.25, 0.3) is 0 Å². The summed E-state index contributed by atoms with van der Waals surface area (Å²) in [7, 11) is -1.43. The van der Waals surface area contributed by atoms with Crippen LogP contribution in [0.15, 0.2) is 65.6 Å². The van der Waals surface area contributed by atoms with Crippen molar-refractivity contribution in [2.24, 2.45) is 0 Å². The van der Waals surface area contributed by atoms with Crippen molar-refractivity contribution in [3.63, 3.8) is 0 Å². The van der Waals surface area contributed by atoms with Gasteiger partial charge in [-0.05, 0) is 80.6 Å². The predicted octanol–water partition coefficient (Wildman–Crippen LogP) is 5.89. The number of amides is 2. The summed E-state index contributed by atoms with van der Waals surface area (Å²) in [6, 6.07) is 15.7. The smallest absolute Gasteiger partial charge is 0.264 e. The second-order valence-corrected chi connectivity index (χ2v) is 13.0. The van der Waals surface area contributed by atoms with Gasteiger partial charge in [-0.15, -0.1) is 0 Å². The van der Waals surface area contributed by atoms with Crippen molar-refractivity contribution >= 4 is 39.1 Å². The first-order valence-corrected chi connectivity index (χ1v) is 16.3. The van der Waals surface area contributed by atoms with Gasteiger partial charge in [0.15, 0.2) is 11.5 Å². The van der Waals surface area contributed by atoms with E-state index < -0.39 is 28.5 Å². The lowest BCUT2D eigenvalue weighted by Crippen LogP contribution is -2.53. The van der Waals surface area contributed by atoms with E-state index in [1.165, 1.54) is 37.3 Å². The van der Waals surface area contributed by atoms with Crippen LogP contribution in [0.4, 0.5) is 5.69 Å². The van der Waals surface area contributed by atoms with Gasteiger partial charge in [0.1, 0.15) is 12.6 Å². The van der Waals surface area contributed by atoms with Gasteiger partial charge in [-0.2, -0.15) is 0 Å². The highest BCUT2D eigenvalue weighted by Crippen LogP contribution is 2.33. The van der Waals surface area contributed by atoms with E-state index >= 15 is 0 Å². The second kappa shape index (κ2) is 15.3. The van der Waals surface area contributed by atoms with E-state index in [2.05, 4.69) is 5.32 Å². The van der Waals surface area contributed by atoms with Crippen molar-refractivity contribution < 1.29 is 27.5 Å². The van der Waals surface area contributed by atoms with Crippen LogP contribution >= 0.6 is 11.6 Å². The van der Waals surface area contributed by atoms with Gasteiger partial charge in [-0.1, -0.05) is 49.7 Å². The summed E-state index contributed by atoms with van der Waals surface area (Å²) in [5.41, 5.74) is 2.61. The number of nitrogens with zero attached hydrogens (tertiary/aromatic N) is 2. The Bertz CT molecular complexity index is 1560. The molecule has 0 aliphatic rings. The largest absolute Gasteiger partial charge is 0.493 e. The van der Waals surface area contributed by atoms with Gasteiger partial charge < -0.3 is 19.7 Å². The Balaban J connectivity index is 2.15. The van der Waals surface area contributed by atoms with Crippen LogP contribution in [0.1, 0.15) is 50.3 Å². The van der Waals surface area contributed by atoms with Crippen molar-refractivity contribution in [3.05, 3.63) is 82.4 Å². The summed E-state index contributed by atoms with van der Waals surface area (Å²) < 4.78 is 40.4. The number of ether oxygens (including phenoxy) is 2. The highest BCUT2D eigenvalue weighted by atomic mass is 35.5. The fraction of sp³-hybridized carbons (Fsp3) is 0.394. The number of nitrogens with one attached hydrogen (secondary N) is 1. The molecule has 0 heterocycles. The van der Waals surface area contributed by atoms with Crippen molar-refractivity contribution in [2.45, 2.75) is 71.0 Å². The zero-order valence-electron chi connectivity index (χ0n) is 26.4. The van der Waals surface area contributed by atoms with Gasteiger partial charge in [0.25, 0.3) is 10.0 Å². The number of anilines is 1. The molecule has 0 saturated heterocycles. The molecule has 238 valence electrons. The van der Waals surface area contributed by atoms with E-state index in [-0.39, 0.29) is 29.1 Å². The molecule has 2 atom stereocenters. The molecule has 2 amide bonds. The lowest BCUT2D eigenvalue weighted by molar-refractivity contribution is -0.140. The first-order valence-electron chi connectivity index (χ1n) is 14.5. The van der Waals surface area contributed by atoms with E-state index in [1.54, 1.807) is 36.4 Å². The lowest BCUT2D eigenvalue weighted by atomic mass is 10.1. The van der Waals surface area contributed by atoms with E-state index in [1.807, 2.05) is 40.7 Å². The number of aryl methyl sites for hydroxylation is 2.